The van der Waals surface area contributed by atoms with E-state index >= 15 is 0 Å². The molecule has 0 aliphatic carbocycles. The van der Waals surface area contributed by atoms with Gasteiger partial charge in [-0.1, -0.05) is 6.07 Å². The second-order valence-corrected chi connectivity index (χ2v) is 5.15. The Morgan fingerprint density at radius 1 is 1.25 bits per heavy atom. The van der Waals surface area contributed by atoms with Crippen LogP contribution in [0, 0.1) is 6.92 Å². The number of carbonyl (C=O) groups excluding carboxylic acids is 1. The van der Waals surface area contributed by atoms with Crippen molar-refractivity contribution < 1.29 is 13.2 Å². The second kappa shape index (κ2) is 4.63. The van der Waals surface area contributed by atoms with E-state index in [9.17, 15) is 13.2 Å². The number of carbonyl (C=O) groups is 1. The van der Waals surface area contributed by atoms with Crippen molar-refractivity contribution in [2.24, 2.45) is 0 Å². The van der Waals surface area contributed by atoms with Crippen LogP contribution in [0.4, 0.5) is 0 Å². The van der Waals surface area contributed by atoms with E-state index in [1.54, 1.807) is 13.0 Å². The summed E-state index contributed by atoms with van der Waals surface area (Å²) < 4.78 is 25.3. The number of nitrogens with one attached hydrogen (secondary N) is 2. The highest BCUT2D eigenvalue weighted by molar-refractivity contribution is 7.89. The van der Waals surface area contributed by atoms with Gasteiger partial charge in [0.1, 0.15) is 0 Å². The molecule has 1 amide bonds. The number of aryl methyl sites for hydroxylation is 1. The van der Waals surface area contributed by atoms with E-state index < -0.39 is 10.0 Å². The molecule has 0 saturated carbocycles. The van der Waals surface area contributed by atoms with E-state index in [2.05, 4.69) is 10.0 Å². The predicted octanol–water partition coefficient (Wildman–Crippen LogP) is 0.263. The number of amides is 1. The van der Waals surface area contributed by atoms with Crippen LogP contribution >= 0.6 is 0 Å². The monoisotopic (exact) mass is 242 g/mol. The van der Waals surface area contributed by atoms with Gasteiger partial charge in [0.2, 0.25) is 10.0 Å². The Labute approximate surface area is 94.9 Å². The van der Waals surface area contributed by atoms with Gasteiger partial charge in [0.25, 0.3) is 5.91 Å². The van der Waals surface area contributed by atoms with Crippen molar-refractivity contribution in [1.29, 1.82) is 0 Å². The Morgan fingerprint density at radius 2 is 1.88 bits per heavy atom. The first-order valence-corrected chi connectivity index (χ1v) is 6.17. The maximum atomic E-state index is 11.5. The van der Waals surface area contributed by atoms with Crippen LogP contribution in [0.15, 0.2) is 23.1 Å². The zero-order chi connectivity index (χ0) is 12.3. The minimum absolute atomic E-state index is 0.0826. The summed E-state index contributed by atoms with van der Waals surface area (Å²) in [4.78, 5) is 11.6. The fraction of sp³-hybridized carbons (Fsp3) is 0.300. The lowest BCUT2D eigenvalue weighted by atomic mass is 10.1. The lowest BCUT2D eigenvalue weighted by Crippen LogP contribution is -2.22. The summed E-state index contributed by atoms with van der Waals surface area (Å²) >= 11 is 0. The molecule has 0 aliphatic rings. The first-order chi connectivity index (χ1) is 7.42. The van der Waals surface area contributed by atoms with Crippen molar-refractivity contribution in [3.05, 3.63) is 29.3 Å². The third-order valence-corrected chi connectivity index (χ3v) is 3.67. The standard InChI is InChI=1S/C10H14N2O3S/c1-7-4-5-8(16(14,15)12-3)6-9(7)10(13)11-2/h4-6,12H,1-3H3,(H,11,13). The van der Waals surface area contributed by atoms with E-state index in [0.717, 1.165) is 5.56 Å². The molecule has 0 spiro atoms. The number of benzene rings is 1. The van der Waals surface area contributed by atoms with E-state index in [4.69, 9.17) is 0 Å². The predicted molar refractivity (Wildman–Crippen MR) is 60.8 cm³/mol. The van der Waals surface area contributed by atoms with Crippen LogP contribution in [-0.2, 0) is 10.0 Å². The van der Waals surface area contributed by atoms with Crippen LogP contribution in [0.5, 0.6) is 0 Å². The van der Waals surface area contributed by atoms with Gasteiger partial charge in [-0.25, -0.2) is 13.1 Å². The zero-order valence-electron chi connectivity index (χ0n) is 9.37. The molecule has 0 radical (unpaired) electrons. The van der Waals surface area contributed by atoms with Crippen molar-refractivity contribution in [2.45, 2.75) is 11.8 Å². The summed E-state index contributed by atoms with van der Waals surface area (Å²) in [5, 5.41) is 2.46. The van der Waals surface area contributed by atoms with E-state index in [-0.39, 0.29) is 10.8 Å². The van der Waals surface area contributed by atoms with Crippen molar-refractivity contribution in [3.63, 3.8) is 0 Å². The molecule has 0 saturated heterocycles. The van der Waals surface area contributed by atoms with Gasteiger partial charge in [-0.3, -0.25) is 4.79 Å². The molecule has 0 bridgehead atoms. The van der Waals surface area contributed by atoms with Gasteiger partial charge < -0.3 is 5.32 Å². The molecule has 0 atom stereocenters. The number of hydrogen-bond donors (Lipinski definition) is 2. The van der Waals surface area contributed by atoms with Crippen LogP contribution in [0.2, 0.25) is 0 Å². The highest BCUT2D eigenvalue weighted by Crippen LogP contribution is 2.15. The average molecular weight is 242 g/mol. The first-order valence-electron chi connectivity index (χ1n) is 4.68. The number of hydrogen-bond acceptors (Lipinski definition) is 3. The SMILES string of the molecule is CNC(=O)c1cc(S(=O)(=O)NC)ccc1C. The van der Waals surface area contributed by atoms with Gasteiger partial charge in [-0.2, -0.15) is 0 Å². The summed E-state index contributed by atoms with van der Waals surface area (Å²) in [7, 11) is -0.680. The third-order valence-electron chi connectivity index (χ3n) is 2.26. The molecular weight excluding hydrogens is 228 g/mol. The number of sulfonamides is 1. The lowest BCUT2D eigenvalue weighted by molar-refractivity contribution is 0.0962. The molecular formula is C10H14N2O3S. The van der Waals surface area contributed by atoms with E-state index in [1.807, 2.05) is 0 Å². The third kappa shape index (κ3) is 2.40. The maximum Gasteiger partial charge on any atom is 0.251 e. The van der Waals surface area contributed by atoms with Crippen LogP contribution in [0.25, 0.3) is 0 Å². The van der Waals surface area contributed by atoms with E-state index in [0.29, 0.717) is 5.56 Å². The molecule has 88 valence electrons. The van der Waals surface area contributed by atoms with Crippen molar-refractivity contribution in [3.8, 4) is 0 Å². The van der Waals surface area contributed by atoms with Gasteiger partial charge in [0.05, 0.1) is 4.90 Å². The summed E-state index contributed by atoms with van der Waals surface area (Å²) in [5.41, 5.74) is 1.09. The second-order valence-electron chi connectivity index (χ2n) is 3.26. The fourth-order valence-electron chi connectivity index (χ4n) is 1.27. The minimum atomic E-state index is -3.51. The normalized spacial score (nSPS) is 11.2. The summed E-state index contributed by atoms with van der Waals surface area (Å²) in [6.45, 7) is 1.75. The smallest absolute Gasteiger partial charge is 0.251 e. The Balaban J connectivity index is 3.34. The zero-order valence-corrected chi connectivity index (χ0v) is 10.2. The highest BCUT2D eigenvalue weighted by atomic mass is 32.2. The van der Waals surface area contributed by atoms with Gasteiger partial charge in [-0.15, -0.1) is 0 Å². The molecule has 1 rings (SSSR count). The van der Waals surface area contributed by atoms with Gasteiger partial charge in [-0.05, 0) is 31.7 Å². The van der Waals surface area contributed by atoms with Crippen LogP contribution < -0.4 is 10.0 Å². The molecule has 0 aliphatic heterocycles. The van der Waals surface area contributed by atoms with Crippen LogP contribution in [0.3, 0.4) is 0 Å². The average Bonchev–Trinajstić information content (AvgIpc) is 2.28. The quantitative estimate of drug-likeness (QED) is 0.798. The molecule has 0 fully saturated rings. The molecule has 6 heteroatoms. The Kier molecular flexibility index (Phi) is 3.66. The maximum absolute atomic E-state index is 11.5. The summed E-state index contributed by atoms with van der Waals surface area (Å²) in [6, 6.07) is 4.43. The largest absolute Gasteiger partial charge is 0.355 e. The van der Waals surface area contributed by atoms with Crippen molar-refractivity contribution in [2.75, 3.05) is 14.1 Å². The first kappa shape index (κ1) is 12.7. The van der Waals surface area contributed by atoms with Gasteiger partial charge in [0, 0.05) is 12.6 Å². The minimum Gasteiger partial charge on any atom is -0.355 e. The van der Waals surface area contributed by atoms with Crippen molar-refractivity contribution in [1.82, 2.24) is 10.0 Å². The lowest BCUT2D eigenvalue weighted by Gasteiger charge is -2.07. The topological polar surface area (TPSA) is 75.3 Å². The number of rotatable bonds is 3. The van der Waals surface area contributed by atoms with Crippen LogP contribution in [-0.4, -0.2) is 28.4 Å². The van der Waals surface area contributed by atoms with E-state index in [1.165, 1.54) is 26.2 Å². The fourth-order valence-corrected chi connectivity index (χ4v) is 2.02. The Morgan fingerprint density at radius 3 is 2.38 bits per heavy atom. The Hall–Kier alpha value is -1.40. The molecule has 0 unspecified atom stereocenters. The van der Waals surface area contributed by atoms with Gasteiger partial charge in [0.15, 0.2) is 0 Å². The molecule has 5 nitrogen and oxygen atoms in total. The highest BCUT2D eigenvalue weighted by Gasteiger charge is 2.15. The molecule has 0 aromatic heterocycles. The molecule has 0 heterocycles. The van der Waals surface area contributed by atoms with Crippen LogP contribution in [0.1, 0.15) is 15.9 Å². The summed E-state index contributed by atoms with van der Waals surface area (Å²) in [5.74, 6) is -0.300. The van der Waals surface area contributed by atoms with Gasteiger partial charge >= 0.3 is 0 Å². The molecule has 1 aromatic carbocycles. The molecule has 16 heavy (non-hydrogen) atoms. The Bertz CT molecular complexity index is 509. The molecule has 2 N–H and O–H groups in total. The van der Waals surface area contributed by atoms with Crippen molar-refractivity contribution >= 4 is 15.9 Å². The molecule has 1 aromatic rings. The summed E-state index contributed by atoms with van der Waals surface area (Å²) in [6.07, 6.45) is 0.